The van der Waals surface area contributed by atoms with Crippen LogP contribution < -0.4 is 5.32 Å². The van der Waals surface area contributed by atoms with E-state index < -0.39 is 0 Å². The number of benzene rings is 2. The normalized spacial score (nSPS) is 10.7. The summed E-state index contributed by atoms with van der Waals surface area (Å²) in [6, 6.07) is 21.3. The lowest BCUT2D eigenvalue weighted by molar-refractivity contribution is 0.102. The Kier molecular flexibility index (Phi) is 5.53. The lowest BCUT2D eigenvalue weighted by Crippen LogP contribution is -2.16. The van der Waals surface area contributed by atoms with Gasteiger partial charge in [-0.25, -0.2) is 0 Å². The lowest BCUT2D eigenvalue weighted by Gasteiger charge is -2.13. The Morgan fingerprint density at radius 1 is 1.07 bits per heavy atom. The highest BCUT2D eigenvalue weighted by Crippen LogP contribution is 2.23. The van der Waals surface area contributed by atoms with E-state index in [4.69, 9.17) is 0 Å². The molecular formula is C23H19BrN4O. The van der Waals surface area contributed by atoms with Crippen molar-refractivity contribution in [2.75, 3.05) is 5.32 Å². The minimum absolute atomic E-state index is 0.177. The van der Waals surface area contributed by atoms with Crippen LogP contribution in [0.2, 0.25) is 0 Å². The molecule has 0 aliphatic carbocycles. The first-order chi connectivity index (χ1) is 14.1. The zero-order valence-corrected chi connectivity index (χ0v) is 17.4. The molecule has 0 spiro atoms. The number of nitrogens with zero attached hydrogens (tertiary/aromatic N) is 3. The number of halogens is 1. The monoisotopic (exact) mass is 446 g/mol. The molecule has 0 radical (unpaired) electrons. The van der Waals surface area contributed by atoms with Crippen molar-refractivity contribution >= 4 is 27.5 Å². The van der Waals surface area contributed by atoms with Gasteiger partial charge in [0.2, 0.25) is 0 Å². The van der Waals surface area contributed by atoms with Crippen molar-refractivity contribution in [1.82, 2.24) is 14.8 Å². The van der Waals surface area contributed by atoms with E-state index in [0.717, 1.165) is 27.0 Å². The number of carbonyl (C=O) groups is 1. The Bertz CT molecular complexity index is 1160. The Hall–Kier alpha value is -3.25. The van der Waals surface area contributed by atoms with Crippen LogP contribution in [-0.4, -0.2) is 20.7 Å². The second-order valence-corrected chi connectivity index (χ2v) is 7.57. The molecule has 2 aromatic heterocycles. The summed E-state index contributed by atoms with van der Waals surface area (Å²) in [7, 11) is 0. The van der Waals surface area contributed by atoms with Crippen LogP contribution in [0, 0.1) is 6.92 Å². The van der Waals surface area contributed by atoms with Crippen LogP contribution in [0.15, 0.2) is 83.6 Å². The fourth-order valence-electron chi connectivity index (χ4n) is 3.15. The standard InChI is InChI=1S/C23H19BrN4O/c1-16-20(10-11-22(26-16)17-7-4-8-19(24)14-17)23(29)27-21-9-3-2-6-18(21)15-28-13-5-12-25-28/h2-14H,15H2,1H3,(H,27,29). The summed E-state index contributed by atoms with van der Waals surface area (Å²) in [4.78, 5) is 17.5. The highest BCUT2D eigenvalue weighted by Gasteiger charge is 2.14. The van der Waals surface area contributed by atoms with Gasteiger partial charge in [-0.1, -0.05) is 46.3 Å². The third-order valence-corrected chi connectivity index (χ3v) is 5.10. The largest absolute Gasteiger partial charge is 0.322 e. The molecule has 4 aromatic rings. The summed E-state index contributed by atoms with van der Waals surface area (Å²) in [6.07, 6.45) is 3.64. The van der Waals surface area contributed by atoms with Gasteiger partial charge in [0.15, 0.2) is 0 Å². The molecule has 2 aromatic carbocycles. The lowest BCUT2D eigenvalue weighted by atomic mass is 10.1. The molecule has 1 amide bonds. The summed E-state index contributed by atoms with van der Waals surface area (Å²) in [5.74, 6) is -0.177. The van der Waals surface area contributed by atoms with Crippen molar-refractivity contribution in [2.24, 2.45) is 0 Å². The van der Waals surface area contributed by atoms with Gasteiger partial charge in [0.25, 0.3) is 5.91 Å². The predicted octanol–water partition coefficient (Wildman–Crippen LogP) is 5.32. The fraction of sp³-hybridized carbons (Fsp3) is 0.0870. The zero-order chi connectivity index (χ0) is 20.2. The van der Waals surface area contributed by atoms with Gasteiger partial charge in [0.1, 0.15) is 0 Å². The first-order valence-corrected chi connectivity index (χ1v) is 10.00. The molecule has 29 heavy (non-hydrogen) atoms. The number of aryl methyl sites for hydroxylation is 1. The quantitative estimate of drug-likeness (QED) is 0.451. The number of anilines is 1. The highest BCUT2D eigenvalue weighted by atomic mass is 79.9. The molecule has 0 fully saturated rings. The number of carbonyl (C=O) groups excluding carboxylic acids is 1. The van der Waals surface area contributed by atoms with Gasteiger partial charge in [-0.05, 0) is 48.9 Å². The fourth-order valence-corrected chi connectivity index (χ4v) is 3.55. The number of hydrogen-bond donors (Lipinski definition) is 1. The van der Waals surface area contributed by atoms with Gasteiger partial charge >= 0.3 is 0 Å². The molecule has 4 rings (SSSR count). The summed E-state index contributed by atoms with van der Waals surface area (Å²) in [5.41, 5.74) is 4.82. The van der Waals surface area contributed by atoms with Crippen molar-refractivity contribution in [2.45, 2.75) is 13.5 Å². The van der Waals surface area contributed by atoms with E-state index >= 15 is 0 Å². The molecule has 0 saturated heterocycles. The summed E-state index contributed by atoms with van der Waals surface area (Å²) in [5, 5.41) is 7.26. The van der Waals surface area contributed by atoms with Crippen LogP contribution in [0.1, 0.15) is 21.6 Å². The van der Waals surface area contributed by atoms with E-state index in [0.29, 0.717) is 17.8 Å². The molecule has 144 valence electrons. The number of nitrogens with one attached hydrogen (secondary N) is 1. The Labute approximate surface area is 177 Å². The van der Waals surface area contributed by atoms with Crippen LogP contribution >= 0.6 is 15.9 Å². The van der Waals surface area contributed by atoms with Crippen molar-refractivity contribution in [3.8, 4) is 11.3 Å². The molecule has 5 nitrogen and oxygen atoms in total. The molecule has 0 bridgehead atoms. The van der Waals surface area contributed by atoms with Crippen molar-refractivity contribution < 1.29 is 4.79 Å². The third-order valence-electron chi connectivity index (χ3n) is 4.61. The second kappa shape index (κ2) is 8.41. The molecular weight excluding hydrogens is 428 g/mol. The van der Waals surface area contributed by atoms with Crippen molar-refractivity contribution in [3.05, 3.63) is 100 Å². The number of hydrogen-bond acceptors (Lipinski definition) is 3. The molecule has 0 aliphatic heterocycles. The van der Waals surface area contributed by atoms with Gasteiger partial charge in [0, 0.05) is 28.1 Å². The van der Waals surface area contributed by atoms with Crippen LogP contribution in [0.3, 0.4) is 0 Å². The van der Waals surface area contributed by atoms with Gasteiger partial charge in [-0.2, -0.15) is 5.10 Å². The number of pyridine rings is 1. The van der Waals surface area contributed by atoms with Crippen LogP contribution in [0.5, 0.6) is 0 Å². The van der Waals surface area contributed by atoms with E-state index in [1.807, 2.05) is 84.5 Å². The third kappa shape index (κ3) is 4.43. The number of rotatable bonds is 5. The summed E-state index contributed by atoms with van der Waals surface area (Å²) in [6.45, 7) is 2.44. The summed E-state index contributed by atoms with van der Waals surface area (Å²) >= 11 is 3.48. The summed E-state index contributed by atoms with van der Waals surface area (Å²) < 4.78 is 2.81. The Morgan fingerprint density at radius 3 is 2.69 bits per heavy atom. The van der Waals surface area contributed by atoms with Crippen molar-refractivity contribution in [3.63, 3.8) is 0 Å². The molecule has 1 N–H and O–H groups in total. The first-order valence-electron chi connectivity index (χ1n) is 9.20. The number of amides is 1. The maximum Gasteiger partial charge on any atom is 0.257 e. The number of aromatic nitrogens is 3. The van der Waals surface area contributed by atoms with E-state index in [1.54, 1.807) is 6.20 Å². The van der Waals surface area contributed by atoms with Crippen LogP contribution in [0.4, 0.5) is 5.69 Å². The van der Waals surface area contributed by atoms with E-state index in [9.17, 15) is 4.79 Å². The molecule has 2 heterocycles. The highest BCUT2D eigenvalue weighted by molar-refractivity contribution is 9.10. The second-order valence-electron chi connectivity index (χ2n) is 6.65. The molecule has 0 unspecified atom stereocenters. The maximum absolute atomic E-state index is 12.9. The SMILES string of the molecule is Cc1nc(-c2cccc(Br)c2)ccc1C(=O)Nc1ccccc1Cn1cccn1. The minimum Gasteiger partial charge on any atom is -0.322 e. The average Bonchev–Trinajstić information content (AvgIpc) is 3.22. The zero-order valence-electron chi connectivity index (χ0n) is 15.8. The van der Waals surface area contributed by atoms with Crippen LogP contribution in [-0.2, 0) is 6.54 Å². The van der Waals surface area contributed by atoms with Crippen LogP contribution in [0.25, 0.3) is 11.3 Å². The average molecular weight is 447 g/mol. The molecule has 0 saturated carbocycles. The topological polar surface area (TPSA) is 59.8 Å². The van der Waals surface area contributed by atoms with E-state index in [2.05, 4.69) is 31.3 Å². The smallest absolute Gasteiger partial charge is 0.257 e. The molecule has 6 heteroatoms. The minimum atomic E-state index is -0.177. The van der Waals surface area contributed by atoms with E-state index in [1.165, 1.54) is 0 Å². The predicted molar refractivity (Wildman–Crippen MR) is 118 cm³/mol. The maximum atomic E-state index is 12.9. The Morgan fingerprint density at radius 2 is 1.93 bits per heavy atom. The van der Waals surface area contributed by atoms with Crippen molar-refractivity contribution in [1.29, 1.82) is 0 Å². The van der Waals surface area contributed by atoms with Gasteiger partial charge in [-0.3, -0.25) is 14.5 Å². The van der Waals surface area contributed by atoms with E-state index in [-0.39, 0.29) is 5.91 Å². The molecule has 0 atom stereocenters. The number of para-hydroxylation sites is 1. The van der Waals surface area contributed by atoms with Gasteiger partial charge in [-0.15, -0.1) is 0 Å². The van der Waals surface area contributed by atoms with Gasteiger partial charge < -0.3 is 5.32 Å². The molecule has 0 aliphatic rings. The Balaban J connectivity index is 1.56. The first kappa shape index (κ1) is 19.1. The van der Waals surface area contributed by atoms with Gasteiger partial charge in [0.05, 0.1) is 23.5 Å².